The maximum atomic E-state index is 12.2. The lowest BCUT2D eigenvalue weighted by Crippen LogP contribution is -2.31. The minimum atomic E-state index is -0.110. The largest absolute Gasteiger partial charge is 0.376 e. The first-order chi connectivity index (χ1) is 9.25. The van der Waals surface area contributed by atoms with Crippen LogP contribution in [0.4, 0.5) is 0 Å². The molecule has 100 valence electrons. The fourth-order valence-electron chi connectivity index (χ4n) is 2.25. The summed E-state index contributed by atoms with van der Waals surface area (Å²) in [7, 11) is 0. The van der Waals surface area contributed by atoms with E-state index < -0.39 is 0 Å². The number of amides is 1. The van der Waals surface area contributed by atoms with E-state index in [4.69, 9.17) is 16.3 Å². The highest BCUT2D eigenvalue weighted by atomic mass is 35.5. The molecule has 1 saturated heterocycles. The number of hydrogen-bond acceptors (Lipinski definition) is 3. The van der Waals surface area contributed by atoms with Gasteiger partial charge in [-0.25, -0.2) is 0 Å². The van der Waals surface area contributed by atoms with Gasteiger partial charge in [-0.05, 0) is 18.9 Å². The van der Waals surface area contributed by atoms with Crippen LogP contribution in [0.25, 0.3) is 10.1 Å². The molecule has 0 saturated carbocycles. The molecule has 0 aliphatic carbocycles. The maximum absolute atomic E-state index is 12.2. The van der Waals surface area contributed by atoms with E-state index in [9.17, 15) is 4.79 Å². The van der Waals surface area contributed by atoms with E-state index in [-0.39, 0.29) is 12.0 Å². The summed E-state index contributed by atoms with van der Waals surface area (Å²) in [5, 5.41) is 4.39. The van der Waals surface area contributed by atoms with E-state index in [1.165, 1.54) is 11.3 Å². The Kier molecular flexibility index (Phi) is 3.73. The Balaban J connectivity index is 1.75. The molecule has 1 aliphatic heterocycles. The Labute approximate surface area is 120 Å². The van der Waals surface area contributed by atoms with E-state index in [2.05, 4.69) is 5.32 Å². The fourth-order valence-corrected chi connectivity index (χ4v) is 3.69. The van der Waals surface area contributed by atoms with Crippen molar-refractivity contribution in [3.63, 3.8) is 0 Å². The van der Waals surface area contributed by atoms with Gasteiger partial charge in [0.1, 0.15) is 4.88 Å². The summed E-state index contributed by atoms with van der Waals surface area (Å²) in [6, 6.07) is 7.78. The van der Waals surface area contributed by atoms with Gasteiger partial charge in [0.25, 0.3) is 5.91 Å². The van der Waals surface area contributed by atoms with Crippen molar-refractivity contribution in [2.24, 2.45) is 0 Å². The lowest BCUT2D eigenvalue weighted by molar-refractivity contribution is 0.0861. The van der Waals surface area contributed by atoms with Crippen molar-refractivity contribution in [3.05, 3.63) is 34.2 Å². The molecule has 1 aliphatic rings. The summed E-state index contributed by atoms with van der Waals surface area (Å²) < 4.78 is 6.52. The minimum absolute atomic E-state index is 0.110. The molecule has 19 heavy (non-hydrogen) atoms. The predicted molar refractivity (Wildman–Crippen MR) is 78.1 cm³/mol. The van der Waals surface area contributed by atoms with Crippen molar-refractivity contribution in [2.75, 3.05) is 13.2 Å². The Hall–Kier alpha value is -1.10. The zero-order valence-corrected chi connectivity index (χ0v) is 11.9. The average Bonchev–Trinajstić information content (AvgIpc) is 3.05. The highest BCUT2D eigenvalue weighted by molar-refractivity contribution is 7.21. The molecule has 1 aromatic heterocycles. The van der Waals surface area contributed by atoms with Crippen molar-refractivity contribution in [1.29, 1.82) is 0 Å². The van der Waals surface area contributed by atoms with Crippen LogP contribution in [0, 0.1) is 0 Å². The molecule has 3 nitrogen and oxygen atoms in total. The Morgan fingerprint density at radius 2 is 2.32 bits per heavy atom. The number of ether oxygens (including phenoxy) is 1. The number of carbonyl (C=O) groups is 1. The Morgan fingerprint density at radius 3 is 3.05 bits per heavy atom. The second-order valence-electron chi connectivity index (χ2n) is 4.59. The number of carbonyl (C=O) groups excluding carboxylic acids is 1. The van der Waals surface area contributed by atoms with E-state index in [1.54, 1.807) is 0 Å². The van der Waals surface area contributed by atoms with Crippen LogP contribution in [0.5, 0.6) is 0 Å². The quantitative estimate of drug-likeness (QED) is 0.942. The molecule has 1 unspecified atom stereocenters. The zero-order valence-electron chi connectivity index (χ0n) is 10.3. The molecule has 0 radical (unpaired) electrons. The predicted octanol–water partition coefficient (Wildman–Crippen LogP) is 3.46. The molecule has 1 atom stereocenters. The van der Waals surface area contributed by atoms with Crippen LogP contribution in [-0.4, -0.2) is 25.2 Å². The molecular weight excluding hydrogens is 282 g/mol. The van der Waals surface area contributed by atoms with E-state index in [0.717, 1.165) is 29.5 Å². The van der Waals surface area contributed by atoms with Gasteiger partial charge in [0.05, 0.1) is 11.1 Å². The van der Waals surface area contributed by atoms with Crippen LogP contribution < -0.4 is 5.32 Å². The first kappa shape index (κ1) is 12.9. The first-order valence-corrected chi connectivity index (χ1v) is 7.52. The van der Waals surface area contributed by atoms with Crippen molar-refractivity contribution >= 4 is 38.9 Å². The summed E-state index contributed by atoms with van der Waals surface area (Å²) in [6.07, 6.45) is 2.24. The maximum Gasteiger partial charge on any atom is 0.263 e. The van der Waals surface area contributed by atoms with Gasteiger partial charge in [-0.1, -0.05) is 29.8 Å². The summed E-state index contributed by atoms with van der Waals surface area (Å²) in [5.74, 6) is -0.110. The number of fused-ring (bicyclic) bond motifs is 1. The zero-order chi connectivity index (χ0) is 13.2. The Bertz CT molecular complexity index is 605. The smallest absolute Gasteiger partial charge is 0.263 e. The Morgan fingerprint density at radius 1 is 1.47 bits per heavy atom. The fraction of sp³-hybridized carbons (Fsp3) is 0.357. The number of benzene rings is 1. The summed E-state index contributed by atoms with van der Waals surface area (Å²) in [5.41, 5.74) is 0. The average molecular weight is 296 g/mol. The third-order valence-electron chi connectivity index (χ3n) is 3.26. The number of rotatable bonds is 3. The highest BCUT2D eigenvalue weighted by Crippen LogP contribution is 2.34. The monoisotopic (exact) mass is 295 g/mol. The molecular formula is C14H14ClNO2S. The van der Waals surface area contributed by atoms with Gasteiger partial charge >= 0.3 is 0 Å². The summed E-state index contributed by atoms with van der Waals surface area (Å²) >= 11 is 7.70. The molecule has 1 fully saturated rings. The molecule has 0 bridgehead atoms. The standard InChI is InChI=1S/C14H14ClNO2S/c15-12-10-5-1-2-6-11(10)19-13(12)14(17)16-8-9-4-3-7-18-9/h1-2,5-6,9H,3-4,7-8H2,(H,16,17). The topological polar surface area (TPSA) is 38.3 Å². The number of halogens is 1. The number of thiophene rings is 1. The second-order valence-corrected chi connectivity index (χ2v) is 6.02. The van der Waals surface area contributed by atoms with Crippen molar-refractivity contribution in [3.8, 4) is 0 Å². The van der Waals surface area contributed by atoms with Gasteiger partial charge in [0.15, 0.2) is 0 Å². The third-order valence-corrected chi connectivity index (χ3v) is 4.93. The van der Waals surface area contributed by atoms with E-state index in [1.807, 2.05) is 24.3 Å². The molecule has 2 aromatic rings. The third kappa shape index (κ3) is 2.61. The SMILES string of the molecule is O=C(NCC1CCCO1)c1sc2ccccc2c1Cl. The van der Waals surface area contributed by atoms with E-state index >= 15 is 0 Å². The lowest BCUT2D eigenvalue weighted by Gasteiger charge is -2.09. The molecule has 5 heteroatoms. The van der Waals surface area contributed by atoms with Gasteiger partial charge < -0.3 is 10.1 Å². The van der Waals surface area contributed by atoms with E-state index in [0.29, 0.717) is 16.4 Å². The molecule has 1 N–H and O–H groups in total. The van der Waals surface area contributed by atoms with Crippen molar-refractivity contribution in [2.45, 2.75) is 18.9 Å². The van der Waals surface area contributed by atoms with Crippen LogP contribution in [0.3, 0.4) is 0 Å². The number of nitrogens with one attached hydrogen (secondary N) is 1. The van der Waals surface area contributed by atoms with Gasteiger partial charge in [0.2, 0.25) is 0 Å². The van der Waals surface area contributed by atoms with Crippen molar-refractivity contribution in [1.82, 2.24) is 5.32 Å². The molecule has 1 aromatic carbocycles. The van der Waals surface area contributed by atoms with Gasteiger partial charge in [0, 0.05) is 23.2 Å². The molecule has 2 heterocycles. The summed E-state index contributed by atoms with van der Waals surface area (Å²) in [6.45, 7) is 1.35. The highest BCUT2D eigenvalue weighted by Gasteiger charge is 2.20. The number of hydrogen-bond donors (Lipinski definition) is 1. The normalized spacial score (nSPS) is 18.9. The van der Waals surface area contributed by atoms with Crippen LogP contribution in [0.15, 0.2) is 24.3 Å². The summed E-state index contributed by atoms with van der Waals surface area (Å²) in [4.78, 5) is 12.7. The lowest BCUT2D eigenvalue weighted by atomic mass is 10.2. The first-order valence-electron chi connectivity index (χ1n) is 6.32. The van der Waals surface area contributed by atoms with Gasteiger partial charge in [-0.2, -0.15) is 0 Å². The second kappa shape index (κ2) is 5.49. The minimum Gasteiger partial charge on any atom is -0.376 e. The van der Waals surface area contributed by atoms with Crippen LogP contribution in [0.1, 0.15) is 22.5 Å². The van der Waals surface area contributed by atoms with Crippen LogP contribution in [0.2, 0.25) is 5.02 Å². The van der Waals surface area contributed by atoms with Crippen LogP contribution in [-0.2, 0) is 4.74 Å². The van der Waals surface area contributed by atoms with Crippen LogP contribution >= 0.6 is 22.9 Å². The van der Waals surface area contributed by atoms with Gasteiger partial charge in [-0.15, -0.1) is 11.3 Å². The van der Waals surface area contributed by atoms with Gasteiger partial charge in [-0.3, -0.25) is 4.79 Å². The molecule has 1 amide bonds. The molecule has 3 rings (SSSR count). The molecule has 0 spiro atoms. The van der Waals surface area contributed by atoms with Crippen molar-refractivity contribution < 1.29 is 9.53 Å².